The minimum atomic E-state index is -2.97. The zero-order valence-electron chi connectivity index (χ0n) is 5.97. The predicted octanol–water partition coefficient (Wildman–Crippen LogP) is 1.24. The maximum atomic E-state index is 12.4. The molecule has 11 heavy (non-hydrogen) atoms. The van der Waals surface area contributed by atoms with Crippen molar-refractivity contribution in [1.29, 1.82) is 0 Å². The van der Waals surface area contributed by atoms with E-state index in [1.165, 1.54) is 0 Å². The average Bonchev–Trinajstić information content (AvgIpc) is 2.32. The van der Waals surface area contributed by atoms with E-state index in [0.717, 1.165) is 13.0 Å². The van der Waals surface area contributed by atoms with E-state index in [-0.39, 0.29) is 6.54 Å². The second-order valence-corrected chi connectivity index (χ2v) is 2.27. The van der Waals surface area contributed by atoms with Crippen molar-refractivity contribution in [3.05, 3.63) is 17.5 Å². The highest BCUT2D eigenvalue weighted by Crippen LogP contribution is 2.26. The van der Waals surface area contributed by atoms with Crippen LogP contribution in [0.2, 0.25) is 0 Å². The number of aromatic nitrogens is 1. The molecule has 2 N–H and O–H groups in total. The van der Waals surface area contributed by atoms with Crippen molar-refractivity contribution in [2.75, 3.05) is 0 Å². The Morgan fingerprint density at radius 3 is 2.64 bits per heavy atom. The van der Waals surface area contributed by atoms with Crippen LogP contribution in [0.15, 0.2) is 10.6 Å². The van der Waals surface area contributed by atoms with E-state index in [2.05, 4.69) is 9.68 Å². The molecular weight excluding hydrogens is 154 g/mol. The molecule has 0 atom stereocenters. The summed E-state index contributed by atoms with van der Waals surface area (Å²) in [5.74, 6) is -3.42. The Bertz CT molecular complexity index is 241. The maximum Gasteiger partial charge on any atom is 0.304 e. The third-order valence-corrected chi connectivity index (χ3v) is 1.20. The molecule has 5 heteroatoms. The fourth-order valence-corrected chi connectivity index (χ4v) is 0.615. The van der Waals surface area contributed by atoms with Crippen LogP contribution in [0.1, 0.15) is 18.4 Å². The van der Waals surface area contributed by atoms with Crippen molar-refractivity contribution in [3.63, 3.8) is 0 Å². The van der Waals surface area contributed by atoms with Crippen LogP contribution in [0.4, 0.5) is 8.78 Å². The van der Waals surface area contributed by atoms with Gasteiger partial charge in [-0.05, 0) is 0 Å². The fraction of sp³-hybridized carbons (Fsp3) is 0.500. The van der Waals surface area contributed by atoms with Crippen LogP contribution in [-0.2, 0) is 12.5 Å². The first-order chi connectivity index (χ1) is 5.04. The zero-order valence-corrected chi connectivity index (χ0v) is 5.97. The Morgan fingerprint density at radius 2 is 2.36 bits per heavy atom. The molecule has 62 valence electrons. The molecule has 0 fully saturated rings. The second-order valence-electron chi connectivity index (χ2n) is 2.27. The van der Waals surface area contributed by atoms with Crippen LogP contribution in [0.5, 0.6) is 0 Å². The molecule has 0 bridgehead atoms. The lowest BCUT2D eigenvalue weighted by atomic mass is 10.2. The molecule has 0 aliphatic carbocycles. The molecule has 1 heterocycles. The van der Waals surface area contributed by atoms with Crippen LogP contribution in [0, 0.1) is 0 Å². The van der Waals surface area contributed by atoms with Gasteiger partial charge in [0.1, 0.15) is 0 Å². The van der Waals surface area contributed by atoms with Gasteiger partial charge in [0, 0.05) is 19.5 Å². The summed E-state index contributed by atoms with van der Waals surface area (Å²) < 4.78 is 29.2. The number of hydrogen-bond acceptors (Lipinski definition) is 3. The topological polar surface area (TPSA) is 52.0 Å². The van der Waals surface area contributed by atoms with Crippen molar-refractivity contribution in [1.82, 2.24) is 5.16 Å². The number of rotatable bonds is 2. The minimum absolute atomic E-state index is 0.111. The smallest absolute Gasteiger partial charge is 0.304 e. The molecule has 1 aromatic rings. The van der Waals surface area contributed by atoms with Gasteiger partial charge in [-0.1, -0.05) is 5.16 Å². The zero-order chi connectivity index (χ0) is 8.48. The van der Waals surface area contributed by atoms with Gasteiger partial charge < -0.3 is 10.3 Å². The SMILES string of the molecule is CC(F)(F)c1cc(CN)no1. The van der Waals surface area contributed by atoms with Gasteiger partial charge in [0.05, 0.1) is 5.69 Å². The van der Waals surface area contributed by atoms with Gasteiger partial charge in [-0.15, -0.1) is 0 Å². The van der Waals surface area contributed by atoms with Crippen molar-refractivity contribution < 1.29 is 13.3 Å². The van der Waals surface area contributed by atoms with Crippen LogP contribution in [0.3, 0.4) is 0 Å². The number of alkyl halides is 2. The Morgan fingerprint density at radius 1 is 1.73 bits per heavy atom. The summed E-state index contributed by atoms with van der Waals surface area (Å²) in [6.45, 7) is 0.855. The lowest BCUT2D eigenvalue weighted by molar-refractivity contribution is -0.0105. The number of nitrogens with two attached hydrogens (primary N) is 1. The first kappa shape index (κ1) is 8.13. The predicted molar refractivity (Wildman–Crippen MR) is 34.0 cm³/mol. The fourth-order valence-electron chi connectivity index (χ4n) is 0.615. The van der Waals surface area contributed by atoms with Gasteiger partial charge >= 0.3 is 5.92 Å². The highest BCUT2D eigenvalue weighted by atomic mass is 19.3. The largest absolute Gasteiger partial charge is 0.355 e. The summed E-state index contributed by atoms with van der Waals surface area (Å²) in [5.41, 5.74) is 5.47. The third kappa shape index (κ3) is 1.74. The molecule has 1 rings (SSSR count). The number of hydrogen-bond donors (Lipinski definition) is 1. The molecule has 0 spiro atoms. The van der Waals surface area contributed by atoms with Crippen molar-refractivity contribution >= 4 is 0 Å². The van der Waals surface area contributed by atoms with Crippen LogP contribution >= 0.6 is 0 Å². The first-order valence-corrected chi connectivity index (χ1v) is 3.08. The molecule has 0 aliphatic rings. The van der Waals surface area contributed by atoms with E-state index in [1.54, 1.807) is 0 Å². The molecule has 3 nitrogen and oxygen atoms in total. The average molecular weight is 162 g/mol. The van der Waals surface area contributed by atoms with Crippen LogP contribution in [-0.4, -0.2) is 5.16 Å². The van der Waals surface area contributed by atoms with Gasteiger partial charge in [-0.3, -0.25) is 0 Å². The maximum absolute atomic E-state index is 12.4. The molecule has 0 saturated carbocycles. The Hall–Kier alpha value is -0.970. The summed E-state index contributed by atoms with van der Waals surface area (Å²) >= 11 is 0. The minimum Gasteiger partial charge on any atom is -0.355 e. The van der Waals surface area contributed by atoms with Crippen molar-refractivity contribution in [3.8, 4) is 0 Å². The number of nitrogens with zero attached hydrogens (tertiary/aromatic N) is 1. The molecule has 0 radical (unpaired) electrons. The lowest BCUT2D eigenvalue weighted by Crippen LogP contribution is -2.04. The van der Waals surface area contributed by atoms with E-state index in [0.29, 0.717) is 5.69 Å². The van der Waals surface area contributed by atoms with E-state index in [9.17, 15) is 8.78 Å². The summed E-state index contributed by atoms with van der Waals surface area (Å²) in [7, 11) is 0. The van der Waals surface area contributed by atoms with Crippen molar-refractivity contribution in [2.45, 2.75) is 19.4 Å². The highest BCUT2D eigenvalue weighted by Gasteiger charge is 2.29. The number of halogens is 2. The van der Waals surface area contributed by atoms with E-state index < -0.39 is 11.7 Å². The Labute approximate surface area is 62.2 Å². The van der Waals surface area contributed by atoms with Gasteiger partial charge in [0.25, 0.3) is 0 Å². The van der Waals surface area contributed by atoms with E-state index in [1.807, 2.05) is 0 Å². The van der Waals surface area contributed by atoms with Crippen LogP contribution < -0.4 is 5.73 Å². The molecule has 0 aromatic carbocycles. The van der Waals surface area contributed by atoms with E-state index in [4.69, 9.17) is 5.73 Å². The van der Waals surface area contributed by atoms with Gasteiger partial charge in [-0.2, -0.15) is 8.78 Å². The summed E-state index contributed by atoms with van der Waals surface area (Å²) in [4.78, 5) is 0. The molecule has 1 aromatic heterocycles. The monoisotopic (exact) mass is 162 g/mol. The Kier molecular flexibility index (Phi) is 1.90. The summed E-state index contributed by atoms with van der Waals surface area (Å²) in [6, 6.07) is 1.15. The lowest BCUT2D eigenvalue weighted by Gasteiger charge is -2.02. The third-order valence-electron chi connectivity index (χ3n) is 1.20. The van der Waals surface area contributed by atoms with Gasteiger partial charge in [0.15, 0.2) is 0 Å². The molecule has 0 unspecified atom stereocenters. The van der Waals surface area contributed by atoms with Crippen LogP contribution in [0.25, 0.3) is 0 Å². The Balaban J connectivity index is 2.89. The highest BCUT2D eigenvalue weighted by molar-refractivity contribution is 5.08. The standard InChI is InChI=1S/C6H8F2N2O/c1-6(7,8)5-2-4(3-9)10-11-5/h2H,3,9H2,1H3. The van der Waals surface area contributed by atoms with Crippen molar-refractivity contribution in [2.24, 2.45) is 5.73 Å². The molecule has 0 saturated heterocycles. The summed E-state index contributed by atoms with van der Waals surface area (Å²) in [5, 5.41) is 3.32. The first-order valence-electron chi connectivity index (χ1n) is 3.08. The molecular formula is C6H8F2N2O. The van der Waals surface area contributed by atoms with Gasteiger partial charge in [0.2, 0.25) is 5.76 Å². The normalized spacial score (nSPS) is 12.0. The second kappa shape index (κ2) is 2.58. The van der Waals surface area contributed by atoms with Gasteiger partial charge in [-0.25, -0.2) is 0 Å². The van der Waals surface area contributed by atoms with E-state index >= 15 is 0 Å². The quantitative estimate of drug-likeness (QED) is 0.711. The molecule has 0 amide bonds. The molecule has 0 aliphatic heterocycles. The summed E-state index contributed by atoms with van der Waals surface area (Å²) in [6.07, 6.45) is 0.